The molecule has 0 fully saturated rings. The molecule has 1 aliphatic rings. The van der Waals surface area contributed by atoms with E-state index in [9.17, 15) is 4.79 Å². The highest BCUT2D eigenvalue weighted by molar-refractivity contribution is 5.87. The highest BCUT2D eigenvalue weighted by Gasteiger charge is 2.23. The van der Waals surface area contributed by atoms with Crippen LogP contribution in [0.25, 0.3) is 11.0 Å². The minimum atomic E-state index is -0.276. The second-order valence-corrected chi connectivity index (χ2v) is 6.63. The Kier molecular flexibility index (Phi) is 3.81. The zero-order valence-electron chi connectivity index (χ0n) is 14.6. The van der Waals surface area contributed by atoms with Gasteiger partial charge in [-0.3, -0.25) is 9.88 Å². The number of fused-ring (bicyclic) bond motifs is 2. The fourth-order valence-electron chi connectivity index (χ4n) is 3.40. The first-order chi connectivity index (χ1) is 12.0. The average Bonchev–Trinajstić information content (AvgIpc) is 2.62. The van der Waals surface area contributed by atoms with Crippen LogP contribution in [0, 0.1) is 20.8 Å². The van der Waals surface area contributed by atoms with Crippen LogP contribution in [-0.4, -0.2) is 16.6 Å². The molecule has 1 aromatic carbocycles. The maximum Gasteiger partial charge on any atom is 0.339 e. The summed E-state index contributed by atoms with van der Waals surface area (Å²) in [6.45, 7) is 7.81. The van der Waals surface area contributed by atoms with E-state index in [2.05, 4.69) is 22.0 Å². The molecule has 5 heteroatoms. The molecule has 2 aromatic heterocycles. The molecule has 0 unspecified atom stereocenters. The Bertz CT molecular complexity index is 1010. The van der Waals surface area contributed by atoms with Crippen LogP contribution < -0.4 is 10.4 Å². The molecule has 128 valence electrons. The van der Waals surface area contributed by atoms with Crippen LogP contribution in [0.2, 0.25) is 0 Å². The first-order valence-corrected chi connectivity index (χ1v) is 8.35. The molecule has 0 bridgehead atoms. The lowest BCUT2D eigenvalue weighted by molar-refractivity contribution is 0.0880. The Morgan fingerprint density at radius 2 is 2.04 bits per heavy atom. The van der Waals surface area contributed by atoms with E-state index in [1.165, 1.54) is 0 Å². The number of rotatable bonds is 2. The lowest BCUT2D eigenvalue weighted by Gasteiger charge is -2.30. The second kappa shape index (κ2) is 6.01. The third-order valence-electron chi connectivity index (χ3n) is 4.92. The van der Waals surface area contributed by atoms with Gasteiger partial charge in [0.2, 0.25) is 0 Å². The van der Waals surface area contributed by atoms with Gasteiger partial charge in [-0.2, -0.15) is 0 Å². The van der Waals surface area contributed by atoms with Crippen molar-refractivity contribution in [2.45, 2.75) is 33.9 Å². The number of nitrogens with zero attached hydrogens (tertiary/aromatic N) is 2. The summed E-state index contributed by atoms with van der Waals surface area (Å²) in [6, 6.07) is 6.11. The lowest BCUT2D eigenvalue weighted by Crippen LogP contribution is -2.32. The fourth-order valence-corrected chi connectivity index (χ4v) is 3.40. The summed E-state index contributed by atoms with van der Waals surface area (Å²) in [7, 11) is 0. The highest BCUT2D eigenvalue weighted by atomic mass is 16.5. The highest BCUT2D eigenvalue weighted by Crippen LogP contribution is 2.36. The molecule has 5 nitrogen and oxygen atoms in total. The molecule has 25 heavy (non-hydrogen) atoms. The predicted octanol–water partition coefficient (Wildman–Crippen LogP) is 3.47. The summed E-state index contributed by atoms with van der Waals surface area (Å²) in [6.07, 6.45) is 3.66. The van der Waals surface area contributed by atoms with E-state index >= 15 is 0 Å². The summed E-state index contributed by atoms with van der Waals surface area (Å²) in [4.78, 5) is 18.4. The molecule has 0 radical (unpaired) electrons. The quantitative estimate of drug-likeness (QED) is 0.671. The van der Waals surface area contributed by atoms with Crippen LogP contribution >= 0.6 is 0 Å². The average molecular weight is 336 g/mol. The molecule has 0 saturated carbocycles. The molecule has 4 rings (SSSR count). The zero-order valence-corrected chi connectivity index (χ0v) is 14.6. The Labute approximate surface area is 145 Å². The SMILES string of the molecule is Cc1c(C)c2cc3c(c(C)c2oc1=O)OCN(Cc1cccnc1)C3. The summed E-state index contributed by atoms with van der Waals surface area (Å²) in [5.74, 6) is 0.835. The number of aromatic nitrogens is 1. The zero-order chi connectivity index (χ0) is 17.6. The van der Waals surface area contributed by atoms with Gasteiger partial charge in [-0.25, -0.2) is 4.79 Å². The maximum atomic E-state index is 12.0. The molecule has 3 heterocycles. The van der Waals surface area contributed by atoms with Gasteiger partial charge < -0.3 is 9.15 Å². The largest absolute Gasteiger partial charge is 0.477 e. The third-order valence-corrected chi connectivity index (χ3v) is 4.92. The van der Waals surface area contributed by atoms with Crippen molar-refractivity contribution in [1.29, 1.82) is 0 Å². The van der Waals surface area contributed by atoms with E-state index in [4.69, 9.17) is 9.15 Å². The van der Waals surface area contributed by atoms with E-state index in [0.717, 1.165) is 46.5 Å². The monoisotopic (exact) mass is 336 g/mol. The molecule has 3 aromatic rings. The van der Waals surface area contributed by atoms with Crippen LogP contribution in [0.5, 0.6) is 5.75 Å². The van der Waals surface area contributed by atoms with Crippen LogP contribution in [0.15, 0.2) is 39.8 Å². The minimum absolute atomic E-state index is 0.276. The molecule has 0 N–H and O–H groups in total. The summed E-state index contributed by atoms with van der Waals surface area (Å²) in [5.41, 5.74) is 5.17. The van der Waals surface area contributed by atoms with Crippen molar-refractivity contribution in [3.63, 3.8) is 0 Å². The molecular formula is C20H20N2O3. The fraction of sp³-hybridized carbons (Fsp3) is 0.300. The van der Waals surface area contributed by atoms with Crippen molar-refractivity contribution in [2.24, 2.45) is 0 Å². The Hall–Kier alpha value is -2.66. The standard InChI is InChI=1S/C20H20N2O3/c1-12-13(2)20(23)25-19-14(3)18-16(7-17(12)19)10-22(11-24-18)9-15-5-4-6-21-8-15/h4-8H,9-11H2,1-3H3. The van der Waals surface area contributed by atoms with Gasteiger partial charge in [0.05, 0.1) is 0 Å². The molecule has 1 aliphatic heterocycles. The lowest BCUT2D eigenvalue weighted by atomic mass is 9.99. The van der Waals surface area contributed by atoms with Gasteiger partial charge in [-0.15, -0.1) is 0 Å². The van der Waals surface area contributed by atoms with Crippen molar-refractivity contribution in [2.75, 3.05) is 6.73 Å². The molecule has 0 aliphatic carbocycles. The third kappa shape index (κ3) is 2.70. The van der Waals surface area contributed by atoms with Crippen LogP contribution in [-0.2, 0) is 13.1 Å². The molecule has 0 saturated heterocycles. The first kappa shape index (κ1) is 15.8. The van der Waals surface area contributed by atoms with Gasteiger partial charge in [0.1, 0.15) is 18.1 Å². The van der Waals surface area contributed by atoms with Gasteiger partial charge in [-0.1, -0.05) is 6.07 Å². The Morgan fingerprint density at radius 3 is 2.80 bits per heavy atom. The van der Waals surface area contributed by atoms with Crippen LogP contribution in [0.4, 0.5) is 0 Å². The van der Waals surface area contributed by atoms with E-state index < -0.39 is 0 Å². The van der Waals surface area contributed by atoms with Crippen molar-refractivity contribution in [3.8, 4) is 5.75 Å². The predicted molar refractivity (Wildman–Crippen MR) is 95.7 cm³/mol. The van der Waals surface area contributed by atoms with Crippen molar-refractivity contribution < 1.29 is 9.15 Å². The van der Waals surface area contributed by atoms with E-state index in [1.54, 1.807) is 13.1 Å². The van der Waals surface area contributed by atoms with E-state index in [-0.39, 0.29) is 5.63 Å². The van der Waals surface area contributed by atoms with Crippen molar-refractivity contribution in [3.05, 3.63) is 68.8 Å². The molecule has 0 amide bonds. The Morgan fingerprint density at radius 1 is 1.20 bits per heavy atom. The number of ether oxygens (including phenoxy) is 1. The summed E-state index contributed by atoms with van der Waals surface area (Å²) >= 11 is 0. The number of pyridine rings is 1. The maximum absolute atomic E-state index is 12.0. The number of benzene rings is 1. The summed E-state index contributed by atoms with van der Waals surface area (Å²) < 4.78 is 11.5. The topological polar surface area (TPSA) is 55.6 Å². The van der Waals surface area contributed by atoms with E-state index in [1.807, 2.05) is 26.1 Å². The molecule has 0 spiro atoms. The normalized spacial score (nSPS) is 14.4. The van der Waals surface area contributed by atoms with Gasteiger partial charge in [-0.05, 0) is 44.0 Å². The van der Waals surface area contributed by atoms with Gasteiger partial charge in [0.25, 0.3) is 0 Å². The molecule has 0 atom stereocenters. The van der Waals surface area contributed by atoms with Gasteiger partial charge >= 0.3 is 5.63 Å². The van der Waals surface area contributed by atoms with E-state index in [0.29, 0.717) is 17.9 Å². The van der Waals surface area contributed by atoms with Crippen LogP contribution in [0.3, 0.4) is 0 Å². The smallest absolute Gasteiger partial charge is 0.339 e. The minimum Gasteiger partial charge on any atom is -0.477 e. The van der Waals surface area contributed by atoms with Crippen LogP contribution in [0.1, 0.15) is 27.8 Å². The number of hydrogen-bond donors (Lipinski definition) is 0. The van der Waals surface area contributed by atoms with Gasteiger partial charge in [0.15, 0.2) is 0 Å². The Balaban J connectivity index is 1.75. The van der Waals surface area contributed by atoms with Crippen molar-refractivity contribution in [1.82, 2.24) is 9.88 Å². The number of aryl methyl sites for hydroxylation is 2. The first-order valence-electron chi connectivity index (χ1n) is 8.35. The summed E-state index contributed by atoms with van der Waals surface area (Å²) in [5, 5.41) is 0.986. The number of hydrogen-bond acceptors (Lipinski definition) is 5. The molecular weight excluding hydrogens is 316 g/mol. The second-order valence-electron chi connectivity index (χ2n) is 6.63. The van der Waals surface area contributed by atoms with Gasteiger partial charge in [0, 0.05) is 47.6 Å². The van der Waals surface area contributed by atoms with Crippen molar-refractivity contribution >= 4 is 11.0 Å².